The molecule has 1 aliphatic carbocycles. The minimum Gasteiger partial charge on any atom is -0.227 e. The molecule has 0 radical (unpaired) electrons. The molecule has 0 amide bonds. The van der Waals surface area contributed by atoms with E-state index in [-0.39, 0.29) is 11.2 Å². The first-order chi connectivity index (χ1) is 7.73. The molecule has 0 fully saturated rings. The van der Waals surface area contributed by atoms with E-state index >= 15 is 0 Å². The first kappa shape index (κ1) is 14.1. The van der Waals surface area contributed by atoms with Crippen molar-refractivity contribution in [1.82, 2.24) is 0 Å². The second-order valence-corrected chi connectivity index (χ2v) is 7.64. The van der Waals surface area contributed by atoms with Crippen molar-refractivity contribution in [3.63, 3.8) is 0 Å². The third kappa shape index (κ3) is 3.01. The van der Waals surface area contributed by atoms with Crippen molar-refractivity contribution in [2.75, 3.05) is 5.75 Å². The van der Waals surface area contributed by atoms with Gasteiger partial charge in [0.15, 0.2) is 9.84 Å². The molecule has 0 aromatic rings. The van der Waals surface area contributed by atoms with Crippen molar-refractivity contribution < 1.29 is 8.42 Å². The summed E-state index contributed by atoms with van der Waals surface area (Å²) in [7, 11) is -3.24. The highest BCUT2D eigenvalue weighted by atomic mass is 32.2. The van der Waals surface area contributed by atoms with Crippen LogP contribution >= 0.6 is 0 Å². The van der Waals surface area contributed by atoms with Gasteiger partial charge in [-0.2, -0.15) is 0 Å². The number of allylic oxidation sites excluding steroid dienone is 2. The SMILES string of the molecule is C#CCS(=O)(=O)C1CC(C)(C)CC(C=C)=C1C. The van der Waals surface area contributed by atoms with Crippen LogP contribution in [0.4, 0.5) is 0 Å². The molecule has 1 atom stereocenters. The van der Waals surface area contributed by atoms with Crippen molar-refractivity contribution in [3.8, 4) is 12.3 Å². The van der Waals surface area contributed by atoms with Gasteiger partial charge < -0.3 is 0 Å². The van der Waals surface area contributed by atoms with Gasteiger partial charge in [0.1, 0.15) is 5.75 Å². The van der Waals surface area contributed by atoms with Crippen LogP contribution in [0, 0.1) is 17.8 Å². The lowest BCUT2D eigenvalue weighted by Gasteiger charge is -2.36. The summed E-state index contributed by atoms with van der Waals surface area (Å²) in [5.41, 5.74) is 1.94. The Labute approximate surface area is 105 Å². The number of rotatable bonds is 3. The zero-order valence-corrected chi connectivity index (χ0v) is 11.6. The Kier molecular flexibility index (Phi) is 3.88. The second kappa shape index (κ2) is 4.70. The largest absolute Gasteiger partial charge is 0.227 e. The number of sulfone groups is 1. The number of terminal acetylenes is 1. The fraction of sp³-hybridized carbons (Fsp3) is 0.571. The van der Waals surface area contributed by atoms with Gasteiger partial charge in [0, 0.05) is 0 Å². The molecule has 2 nitrogen and oxygen atoms in total. The molecule has 0 saturated carbocycles. The van der Waals surface area contributed by atoms with E-state index in [2.05, 4.69) is 26.3 Å². The fourth-order valence-corrected chi connectivity index (χ4v) is 4.26. The molecule has 3 heteroatoms. The maximum Gasteiger partial charge on any atom is 0.168 e. The van der Waals surface area contributed by atoms with Crippen LogP contribution in [0.15, 0.2) is 23.8 Å². The van der Waals surface area contributed by atoms with Gasteiger partial charge in [0.25, 0.3) is 0 Å². The van der Waals surface area contributed by atoms with Crippen LogP contribution < -0.4 is 0 Å². The topological polar surface area (TPSA) is 34.1 Å². The zero-order chi connectivity index (χ0) is 13.3. The Morgan fingerprint density at radius 3 is 2.65 bits per heavy atom. The van der Waals surface area contributed by atoms with Gasteiger partial charge in [-0.25, -0.2) is 8.42 Å². The van der Waals surface area contributed by atoms with E-state index in [0.717, 1.165) is 17.6 Å². The third-order valence-corrected chi connectivity index (χ3v) is 5.32. The van der Waals surface area contributed by atoms with Crippen molar-refractivity contribution in [2.24, 2.45) is 5.41 Å². The van der Waals surface area contributed by atoms with E-state index in [1.165, 1.54) is 0 Å². The zero-order valence-electron chi connectivity index (χ0n) is 10.8. The van der Waals surface area contributed by atoms with Crippen molar-refractivity contribution in [1.29, 1.82) is 0 Å². The summed E-state index contributed by atoms with van der Waals surface area (Å²) < 4.78 is 24.3. The smallest absolute Gasteiger partial charge is 0.168 e. The standard InChI is InChI=1S/C14H20O2S/c1-6-8-17(15,16)13-10-14(4,5)9-12(7-2)11(13)3/h1,7,13H,2,8-10H2,3-5H3. The highest BCUT2D eigenvalue weighted by molar-refractivity contribution is 7.92. The lowest BCUT2D eigenvalue weighted by atomic mass is 9.74. The summed E-state index contributed by atoms with van der Waals surface area (Å²) in [5.74, 6) is 2.06. The quantitative estimate of drug-likeness (QED) is 0.724. The molecule has 0 aliphatic heterocycles. The summed E-state index contributed by atoms with van der Waals surface area (Å²) in [6.45, 7) is 9.82. The molecule has 0 aromatic carbocycles. The molecule has 17 heavy (non-hydrogen) atoms. The highest BCUT2D eigenvalue weighted by Gasteiger charge is 2.37. The van der Waals surface area contributed by atoms with Crippen LogP contribution in [-0.4, -0.2) is 19.4 Å². The maximum absolute atomic E-state index is 12.1. The van der Waals surface area contributed by atoms with Crippen molar-refractivity contribution in [2.45, 2.75) is 38.9 Å². The molecule has 1 aliphatic rings. The molecular weight excluding hydrogens is 232 g/mol. The first-order valence-electron chi connectivity index (χ1n) is 5.70. The molecule has 0 N–H and O–H groups in total. The van der Waals surface area contributed by atoms with E-state index in [4.69, 9.17) is 6.42 Å². The van der Waals surface area contributed by atoms with E-state index in [1.807, 2.05) is 6.92 Å². The molecule has 94 valence electrons. The molecule has 1 rings (SSSR count). The molecular formula is C14H20O2S. The van der Waals surface area contributed by atoms with Crippen LogP contribution in [0.2, 0.25) is 0 Å². The minimum absolute atomic E-state index is 0.0185. The second-order valence-electron chi connectivity index (χ2n) is 5.46. The first-order valence-corrected chi connectivity index (χ1v) is 7.42. The average Bonchev–Trinajstić information content (AvgIpc) is 2.20. The van der Waals surface area contributed by atoms with Crippen LogP contribution in [0.1, 0.15) is 33.6 Å². The molecule has 0 saturated heterocycles. The van der Waals surface area contributed by atoms with Crippen LogP contribution in [-0.2, 0) is 9.84 Å². The Morgan fingerprint density at radius 2 is 2.18 bits per heavy atom. The van der Waals surface area contributed by atoms with Gasteiger partial charge in [-0.3, -0.25) is 0 Å². The Morgan fingerprint density at radius 1 is 1.59 bits per heavy atom. The monoisotopic (exact) mass is 252 g/mol. The Balaban J connectivity index is 3.25. The Hall–Kier alpha value is -1.01. The lowest BCUT2D eigenvalue weighted by molar-refractivity contribution is 0.317. The van der Waals surface area contributed by atoms with Gasteiger partial charge in [-0.1, -0.05) is 38.0 Å². The fourth-order valence-electron chi connectivity index (χ4n) is 2.44. The van der Waals surface area contributed by atoms with E-state index < -0.39 is 15.1 Å². The van der Waals surface area contributed by atoms with Crippen LogP contribution in [0.3, 0.4) is 0 Å². The molecule has 0 aromatic heterocycles. The van der Waals surface area contributed by atoms with Gasteiger partial charge in [0.05, 0.1) is 5.25 Å². The predicted octanol–water partition coefficient (Wildman–Crippen LogP) is 2.73. The van der Waals surface area contributed by atoms with Gasteiger partial charge >= 0.3 is 0 Å². The summed E-state index contributed by atoms with van der Waals surface area (Å²) in [6.07, 6.45) is 8.43. The average molecular weight is 252 g/mol. The van der Waals surface area contributed by atoms with E-state index in [9.17, 15) is 8.42 Å². The molecule has 0 spiro atoms. The lowest BCUT2D eigenvalue weighted by Crippen LogP contribution is -2.35. The van der Waals surface area contributed by atoms with Crippen molar-refractivity contribution >= 4 is 9.84 Å². The number of hydrogen-bond donors (Lipinski definition) is 0. The normalized spacial score (nSPS) is 24.2. The number of hydrogen-bond acceptors (Lipinski definition) is 2. The van der Waals surface area contributed by atoms with Crippen LogP contribution in [0.5, 0.6) is 0 Å². The summed E-state index contributed by atoms with van der Waals surface area (Å²) in [4.78, 5) is 0. The molecule has 0 heterocycles. The summed E-state index contributed by atoms with van der Waals surface area (Å²) in [6, 6.07) is 0. The summed E-state index contributed by atoms with van der Waals surface area (Å²) in [5, 5.41) is -0.449. The third-order valence-electron chi connectivity index (χ3n) is 3.36. The maximum atomic E-state index is 12.1. The Bertz CT molecular complexity index is 487. The van der Waals surface area contributed by atoms with Gasteiger partial charge in [0.2, 0.25) is 0 Å². The van der Waals surface area contributed by atoms with Crippen LogP contribution in [0.25, 0.3) is 0 Å². The minimum atomic E-state index is -3.24. The molecule has 0 bridgehead atoms. The highest BCUT2D eigenvalue weighted by Crippen LogP contribution is 2.41. The van der Waals surface area contributed by atoms with E-state index in [1.54, 1.807) is 6.08 Å². The van der Waals surface area contributed by atoms with Gasteiger partial charge in [-0.05, 0) is 30.8 Å². The predicted molar refractivity (Wildman–Crippen MR) is 72.3 cm³/mol. The van der Waals surface area contributed by atoms with Gasteiger partial charge in [-0.15, -0.1) is 6.42 Å². The summed E-state index contributed by atoms with van der Waals surface area (Å²) >= 11 is 0. The molecule has 1 unspecified atom stereocenters. The van der Waals surface area contributed by atoms with Crippen molar-refractivity contribution in [3.05, 3.63) is 23.8 Å². The van der Waals surface area contributed by atoms with E-state index in [0.29, 0.717) is 6.42 Å².